The van der Waals surface area contributed by atoms with Crippen LogP contribution >= 0.6 is 0 Å². The van der Waals surface area contributed by atoms with Crippen molar-refractivity contribution in [2.24, 2.45) is 4.99 Å². The lowest BCUT2D eigenvalue weighted by Gasteiger charge is -2.07. The Morgan fingerprint density at radius 2 is 1.68 bits per heavy atom. The summed E-state index contributed by atoms with van der Waals surface area (Å²) in [6.45, 7) is 5.18. The van der Waals surface area contributed by atoms with E-state index >= 15 is 0 Å². The largest absolute Gasteiger partial charge is 0.497 e. The molecule has 0 aliphatic carbocycles. The molecule has 0 unspecified atom stereocenters. The Morgan fingerprint density at radius 1 is 1.00 bits per heavy atom. The predicted octanol–water partition coefficient (Wildman–Crippen LogP) is 1.77. The highest BCUT2D eigenvalue weighted by Gasteiger charge is 2.07. The molecule has 0 amide bonds. The van der Waals surface area contributed by atoms with Crippen LogP contribution in [0.3, 0.4) is 0 Å². The number of rotatable bonds is 7. The fourth-order valence-electron chi connectivity index (χ4n) is 3.05. The van der Waals surface area contributed by atoms with Gasteiger partial charge >= 0.3 is 0 Å². The SMILES string of the molecule is CCCCCCN=c1cc(-c2ccc(OC)cc2)oc2ccc(C)cc12.[O-][Cl+3]([O-])([O-])O. The van der Waals surface area contributed by atoms with Gasteiger partial charge in [0.15, 0.2) is 0 Å². The zero-order valence-electron chi connectivity index (χ0n) is 18.0. The molecular formula is C23H28ClNO6. The lowest BCUT2D eigenvalue weighted by molar-refractivity contribution is -1.92. The molecule has 1 N–H and O–H groups in total. The molecule has 8 heteroatoms. The van der Waals surface area contributed by atoms with E-state index < -0.39 is 10.2 Å². The van der Waals surface area contributed by atoms with E-state index in [2.05, 4.69) is 32.0 Å². The van der Waals surface area contributed by atoms with Crippen LogP contribution in [0.4, 0.5) is 0 Å². The first-order valence-electron chi connectivity index (χ1n) is 10.0. The first kappa shape index (κ1) is 24.8. The number of nitrogens with zero attached hydrogens (tertiary/aromatic N) is 1. The monoisotopic (exact) mass is 449 g/mol. The van der Waals surface area contributed by atoms with E-state index in [1.165, 1.54) is 24.8 Å². The van der Waals surface area contributed by atoms with Crippen LogP contribution in [-0.4, -0.2) is 18.3 Å². The molecule has 3 aromatic rings. The zero-order chi connectivity index (χ0) is 22.9. The maximum Gasteiger partial charge on any atom is 0.136 e. The summed E-state index contributed by atoms with van der Waals surface area (Å²) in [5, 5.41) is 2.09. The minimum Gasteiger partial charge on any atom is -0.497 e. The van der Waals surface area contributed by atoms with Gasteiger partial charge in [0.05, 0.1) is 27.4 Å². The van der Waals surface area contributed by atoms with Gasteiger partial charge in [0.1, 0.15) is 17.1 Å². The quantitative estimate of drug-likeness (QED) is 0.548. The molecular weight excluding hydrogens is 422 g/mol. The first-order chi connectivity index (χ1) is 14.7. The van der Waals surface area contributed by atoms with Gasteiger partial charge in [-0.2, -0.15) is 14.0 Å². The van der Waals surface area contributed by atoms with Gasteiger partial charge in [-0.25, -0.2) is 0 Å². The normalized spacial score (nSPS) is 11.9. The Kier molecular flexibility index (Phi) is 9.48. The average molecular weight is 450 g/mol. The van der Waals surface area contributed by atoms with Gasteiger partial charge in [-0.1, -0.05) is 37.8 Å². The van der Waals surface area contributed by atoms with E-state index in [0.717, 1.165) is 46.4 Å². The second-order valence-corrected chi connectivity index (χ2v) is 7.85. The minimum atomic E-state index is -4.69. The number of hydrogen-bond donors (Lipinski definition) is 1. The van der Waals surface area contributed by atoms with Crippen molar-refractivity contribution in [2.45, 2.75) is 39.5 Å². The van der Waals surface area contributed by atoms with Crippen LogP contribution in [0.15, 0.2) is 57.9 Å². The number of benzene rings is 2. The molecule has 0 bridgehead atoms. The molecule has 0 saturated heterocycles. The third kappa shape index (κ3) is 8.69. The van der Waals surface area contributed by atoms with Crippen molar-refractivity contribution in [3.63, 3.8) is 0 Å². The highest BCUT2D eigenvalue weighted by atomic mass is 35.7. The van der Waals surface area contributed by atoms with Crippen molar-refractivity contribution in [3.8, 4) is 17.1 Å². The molecule has 2 aromatic carbocycles. The summed E-state index contributed by atoms with van der Waals surface area (Å²) in [5.74, 6) is 1.67. The van der Waals surface area contributed by atoms with Crippen LogP contribution in [0.1, 0.15) is 38.2 Å². The van der Waals surface area contributed by atoms with Crippen LogP contribution in [0.25, 0.3) is 22.3 Å². The van der Waals surface area contributed by atoms with Crippen molar-refractivity contribution in [1.29, 1.82) is 0 Å². The van der Waals surface area contributed by atoms with Gasteiger partial charge in [-0.15, -0.1) is 0 Å². The van der Waals surface area contributed by atoms with Crippen LogP contribution < -0.4 is 24.1 Å². The van der Waals surface area contributed by atoms with Crippen molar-refractivity contribution >= 4 is 11.0 Å². The standard InChI is InChI=1S/C23H27NO2.ClHO4/c1-4-5-6-7-14-24-21-16-23(18-9-11-19(25-3)12-10-18)26-22-13-8-17(2)15-20(21)22;2-1(3,4)5/h8-13,15-16H,4-7,14H2,1-3H3;(H,2,3,4,5). The van der Waals surface area contributed by atoms with Gasteiger partial charge in [-0.05, 0) is 49.7 Å². The molecule has 3 rings (SSSR count). The molecule has 7 nitrogen and oxygen atoms in total. The summed E-state index contributed by atoms with van der Waals surface area (Å²) >= 11 is 0. The maximum atomic E-state index is 8.60. The topological polar surface area (TPSA) is 124 Å². The number of methoxy groups -OCH3 is 1. The number of hydrogen-bond acceptors (Lipinski definition) is 7. The van der Waals surface area contributed by atoms with Gasteiger partial charge in [0.2, 0.25) is 0 Å². The first-order valence-corrected chi connectivity index (χ1v) is 11.3. The van der Waals surface area contributed by atoms with Crippen LogP contribution in [0, 0.1) is 17.2 Å². The highest BCUT2D eigenvalue weighted by molar-refractivity contribution is 5.79. The van der Waals surface area contributed by atoms with Gasteiger partial charge in [-0.3, -0.25) is 4.99 Å². The Labute approximate surface area is 184 Å². The van der Waals surface area contributed by atoms with Gasteiger partial charge in [0, 0.05) is 23.6 Å². The van der Waals surface area contributed by atoms with E-state index in [4.69, 9.17) is 32.8 Å². The van der Waals surface area contributed by atoms with E-state index in [1.807, 2.05) is 30.3 Å². The molecule has 0 saturated carbocycles. The number of aryl methyl sites for hydroxylation is 1. The molecule has 0 spiro atoms. The van der Waals surface area contributed by atoms with E-state index in [-0.39, 0.29) is 0 Å². The van der Waals surface area contributed by atoms with Crippen LogP contribution in [0.2, 0.25) is 0 Å². The number of ether oxygens (including phenoxy) is 1. The van der Waals surface area contributed by atoms with E-state index in [9.17, 15) is 0 Å². The Morgan fingerprint density at radius 3 is 2.29 bits per heavy atom. The summed E-state index contributed by atoms with van der Waals surface area (Å²) < 4.78 is 44.1. The average Bonchev–Trinajstić information content (AvgIpc) is 2.72. The molecule has 0 aliphatic heterocycles. The molecule has 1 aromatic heterocycles. The minimum absolute atomic E-state index is 0.830. The number of halogens is 1. The maximum absolute atomic E-state index is 8.60. The molecule has 0 aliphatic rings. The lowest BCUT2D eigenvalue weighted by atomic mass is 10.1. The summed E-state index contributed by atoms with van der Waals surface area (Å²) in [5.41, 5.74) is 3.11. The second-order valence-electron chi connectivity index (χ2n) is 7.06. The Hall–Kier alpha value is -2.42. The summed E-state index contributed by atoms with van der Waals surface area (Å²) in [7, 11) is -3.02. The molecule has 0 atom stereocenters. The molecule has 168 valence electrons. The molecule has 0 radical (unpaired) electrons. The molecule has 0 fully saturated rings. The third-order valence-electron chi connectivity index (χ3n) is 4.57. The van der Waals surface area contributed by atoms with Crippen molar-refractivity contribution in [2.75, 3.05) is 13.7 Å². The smallest absolute Gasteiger partial charge is 0.136 e. The molecule has 1 heterocycles. The van der Waals surface area contributed by atoms with Crippen LogP contribution in [0.5, 0.6) is 5.75 Å². The van der Waals surface area contributed by atoms with Crippen molar-refractivity contribution in [3.05, 3.63) is 59.5 Å². The van der Waals surface area contributed by atoms with Crippen molar-refractivity contribution in [1.82, 2.24) is 0 Å². The zero-order valence-corrected chi connectivity index (χ0v) is 18.7. The Balaban J connectivity index is 0.000000614. The summed E-state index contributed by atoms with van der Waals surface area (Å²) in [4.78, 5) is 4.88. The van der Waals surface area contributed by atoms with E-state index in [1.54, 1.807) is 7.11 Å². The van der Waals surface area contributed by atoms with E-state index in [0.29, 0.717) is 0 Å². The fraction of sp³-hybridized carbons (Fsp3) is 0.348. The van der Waals surface area contributed by atoms with Gasteiger partial charge in [0.25, 0.3) is 0 Å². The summed E-state index contributed by atoms with van der Waals surface area (Å²) in [6.07, 6.45) is 4.88. The lowest BCUT2D eigenvalue weighted by Crippen LogP contribution is -2.58. The predicted molar refractivity (Wildman–Crippen MR) is 110 cm³/mol. The number of fused-ring (bicyclic) bond motifs is 1. The van der Waals surface area contributed by atoms with Crippen LogP contribution in [-0.2, 0) is 0 Å². The molecule has 31 heavy (non-hydrogen) atoms. The second kappa shape index (κ2) is 11.8. The van der Waals surface area contributed by atoms with Gasteiger partial charge < -0.3 is 9.15 Å². The van der Waals surface area contributed by atoms with Crippen molar-refractivity contribution < 1.29 is 38.0 Å². The Bertz CT molecular complexity index is 1020. The summed E-state index contributed by atoms with van der Waals surface area (Å²) in [6, 6.07) is 16.3. The number of unbranched alkanes of at least 4 members (excludes halogenated alkanes) is 3. The fourth-order valence-corrected chi connectivity index (χ4v) is 3.05. The third-order valence-corrected chi connectivity index (χ3v) is 4.57. The highest BCUT2D eigenvalue weighted by Crippen LogP contribution is 2.24.